The number of halogens is 1. The normalized spacial score (nSPS) is 15.7. The third-order valence-corrected chi connectivity index (χ3v) is 4.04. The van der Waals surface area contributed by atoms with Gasteiger partial charge in [-0.3, -0.25) is 4.79 Å². The third kappa shape index (κ3) is 3.95. The summed E-state index contributed by atoms with van der Waals surface area (Å²) in [7, 11) is 1.79. The van der Waals surface area contributed by atoms with Gasteiger partial charge in [-0.1, -0.05) is 44.0 Å². The Balaban J connectivity index is 2.82. The molecule has 3 atom stereocenters. The van der Waals surface area contributed by atoms with Gasteiger partial charge in [-0.05, 0) is 30.5 Å². The number of rotatable bonds is 5. The lowest BCUT2D eigenvalue weighted by atomic mass is 9.98. The number of amides is 1. The Morgan fingerprint density at radius 1 is 1.42 bits per heavy atom. The van der Waals surface area contributed by atoms with Crippen LogP contribution < -0.4 is 5.73 Å². The van der Waals surface area contributed by atoms with E-state index >= 15 is 0 Å². The van der Waals surface area contributed by atoms with E-state index in [2.05, 4.69) is 0 Å². The Bertz CT molecular complexity index is 436. The summed E-state index contributed by atoms with van der Waals surface area (Å²) in [5, 5.41) is 0.677. The van der Waals surface area contributed by atoms with Gasteiger partial charge in [0.15, 0.2) is 0 Å². The average molecular weight is 283 g/mol. The Labute approximate surface area is 120 Å². The van der Waals surface area contributed by atoms with Crippen molar-refractivity contribution in [1.82, 2.24) is 4.90 Å². The number of nitrogens with two attached hydrogens (primary N) is 1. The van der Waals surface area contributed by atoms with E-state index < -0.39 is 6.04 Å². The van der Waals surface area contributed by atoms with E-state index in [4.69, 9.17) is 17.3 Å². The molecule has 3 nitrogen and oxygen atoms in total. The molecule has 4 heteroatoms. The van der Waals surface area contributed by atoms with Crippen LogP contribution in [-0.2, 0) is 4.79 Å². The second kappa shape index (κ2) is 6.92. The molecular formula is C15H23ClN2O. The van der Waals surface area contributed by atoms with Crippen LogP contribution in [0.4, 0.5) is 0 Å². The highest BCUT2D eigenvalue weighted by Gasteiger charge is 2.26. The highest BCUT2D eigenvalue weighted by molar-refractivity contribution is 6.30. The average Bonchev–Trinajstić information content (AvgIpc) is 2.43. The molecule has 0 spiro atoms. The highest BCUT2D eigenvalue weighted by Crippen LogP contribution is 2.23. The zero-order chi connectivity index (χ0) is 14.6. The molecule has 0 aliphatic heterocycles. The molecule has 0 bridgehead atoms. The fourth-order valence-electron chi connectivity index (χ4n) is 1.91. The highest BCUT2D eigenvalue weighted by atomic mass is 35.5. The Morgan fingerprint density at radius 3 is 2.58 bits per heavy atom. The van der Waals surface area contributed by atoms with Crippen molar-refractivity contribution in [1.29, 1.82) is 0 Å². The summed E-state index contributed by atoms with van der Waals surface area (Å²) in [6, 6.07) is 7.07. The number of carbonyl (C=O) groups excluding carboxylic acids is 1. The molecule has 19 heavy (non-hydrogen) atoms. The molecule has 1 aromatic rings. The van der Waals surface area contributed by atoms with Gasteiger partial charge in [-0.2, -0.15) is 0 Å². The van der Waals surface area contributed by atoms with E-state index in [1.807, 2.05) is 45.0 Å². The molecule has 0 heterocycles. The van der Waals surface area contributed by atoms with E-state index in [1.54, 1.807) is 11.9 Å². The summed E-state index contributed by atoms with van der Waals surface area (Å²) >= 11 is 5.98. The van der Waals surface area contributed by atoms with Gasteiger partial charge in [-0.15, -0.1) is 0 Å². The van der Waals surface area contributed by atoms with Crippen LogP contribution in [0.25, 0.3) is 0 Å². The molecule has 1 aromatic carbocycles. The smallest absolute Gasteiger partial charge is 0.240 e. The predicted molar refractivity (Wildman–Crippen MR) is 80.1 cm³/mol. The monoisotopic (exact) mass is 282 g/mol. The topological polar surface area (TPSA) is 46.3 Å². The van der Waals surface area contributed by atoms with Crippen LogP contribution in [0.2, 0.25) is 5.02 Å². The maximum absolute atomic E-state index is 12.3. The van der Waals surface area contributed by atoms with Crippen molar-refractivity contribution in [2.45, 2.75) is 39.3 Å². The minimum absolute atomic E-state index is 0.0261. The zero-order valence-electron chi connectivity index (χ0n) is 12.1. The summed E-state index contributed by atoms with van der Waals surface area (Å²) < 4.78 is 0. The molecule has 0 aliphatic carbocycles. The van der Waals surface area contributed by atoms with Crippen LogP contribution in [0.5, 0.6) is 0 Å². The first-order valence-electron chi connectivity index (χ1n) is 6.66. The largest absolute Gasteiger partial charge is 0.338 e. The molecule has 0 saturated carbocycles. The van der Waals surface area contributed by atoms with Crippen LogP contribution in [0.15, 0.2) is 24.3 Å². The van der Waals surface area contributed by atoms with Crippen molar-refractivity contribution in [3.8, 4) is 0 Å². The van der Waals surface area contributed by atoms with Gasteiger partial charge in [0.25, 0.3) is 0 Å². The molecule has 0 fully saturated rings. The van der Waals surface area contributed by atoms with Gasteiger partial charge in [0.05, 0.1) is 12.1 Å². The van der Waals surface area contributed by atoms with E-state index in [-0.39, 0.29) is 17.9 Å². The van der Waals surface area contributed by atoms with E-state index in [0.717, 1.165) is 12.0 Å². The predicted octanol–water partition coefficient (Wildman–Crippen LogP) is 3.23. The van der Waals surface area contributed by atoms with Crippen molar-refractivity contribution >= 4 is 17.5 Å². The maximum Gasteiger partial charge on any atom is 0.240 e. The summed E-state index contributed by atoms with van der Waals surface area (Å²) in [4.78, 5) is 14.0. The lowest BCUT2D eigenvalue weighted by Gasteiger charge is -2.30. The summed E-state index contributed by atoms with van der Waals surface area (Å²) in [6.45, 7) is 6.02. The molecule has 0 saturated heterocycles. The van der Waals surface area contributed by atoms with Crippen molar-refractivity contribution in [2.24, 2.45) is 11.7 Å². The summed E-state index contributed by atoms with van der Waals surface area (Å²) in [5.41, 5.74) is 7.01. The second-order valence-corrected chi connectivity index (χ2v) is 5.53. The Hall–Kier alpha value is -1.06. The lowest BCUT2D eigenvalue weighted by Crippen LogP contribution is -2.46. The van der Waals surface area contributed by atoms with Gasteiger partial charge in [0.2, 0.25) is 5.91 Å². The minimum atomic E-state index is -0.448. The van der Waals surface area contributed by atoms with Crippen LogP contribution >= 0.6 is 11.6 Å². The SMILES string of the molecule is CC[C@H](C)[C@H](N)C(=O)N(C)C(C)c1cccc(Cl)c1. The van der Waals surface area contributed by atoms with Gasteiger partial charge in [0, 0.05) is 12.1 Å². The standard InChI is InChI=1S/C15H23ClN2O/c1-5-10(2)14(17)15(19)18(4)11(3)12-7-6-8-13(16)9-12/h6-11,14H,5,17H2,1-4H3/t10-,11?,14-/m0/s1. The van der Waals surface area contributed by atoms with Crippen LogP contribution in [0.3, 0.4) is 0 Å². The second-order valence-electron chi connectivity index (χ2n) is 5.09. The van der Waals surface area contributed by atoms with Crippen LogP contribution in [0, 0.1) is 5.92 Å². The quantitative estimate of drug-likeness (QED) is 0.901. The number of likely N-dealkylation sites (N-methyl/N-ethyl adjacent to an activating group) is 1. The molecular weight excluding hydrogens is 260 g/mol. The summed E-state index contributed by atoms with van der Waals surface area (Å²) in [6.07, 6.45) is 0.895. The number of nitrogens with zero attached hydrogens (tertiary/aromatic N) is 1. The Morgan fingerprint density at radius 2 is 2.05 bits per heavy atom. The Kier molecular flexibility index (Phi) is 5.83. The fraction of sp³-hybridized carbons (Fsp3) is 0.533. The van der Waals surface area contributed by atoms with E-state index in [1.165, 1.54) is 0 Å². The molecule has 2 N–H and O–H groups in total. The molecule has 1 amide bonds. The van der Waals surface area contributed by atoms with Gasteiger partial charge >= 0.3 is 0 Å². The maximum atomic E-state index is 12.3. The van der Waals surface area contributed by atoms with Gasteiger partial charge < -0.3 is 10.6 Å². The minimum Gasteiger partial charge on any atom is -0.338 e. The van der Waals surface area contributed by atoms with Gasteiger partial charge in [0.1, 0.15) is 0 Å². The first kappa shape index (κ1) is 16.0. The van der Waals surface area contributed by atoms with Crippen LogP contribution in [-0.4, -0.2) is 23.9 Å². The summed E-state index contributed by atoms with van der Waals surface area (Å²) in [5.74, 6) is 0.156. The van der Waals surface area contributed by atoms with Crippen molar-refractivity contribution in [2.75, 3.05) is 7.05 Å². The number of hydrogen-bond donors (Lipinski definition) is 1. The molecule has 106 valence electrons. The lowest BCUT2D eigenvalue weighted by molar-refractivity contribution is -0.134. The van der Waals surface area contributed by atoms with Crippen molar-refractivity contribution < 1.29 is 4.79 Å². The molecule has 0 aromatic heterocycles. The molecule has 1 rings (SSSR count). The molecule has 0 radical (unpaired) electrons. The number of hydrogen-bond acceptors (Lipinski definition) is 2. The van der Waals surface area contributed by atoms with Crippen molar-refractivity contribution in [3.05, 3.63) is 34.9 Å². The van der Waals surface area contributed by atoms with Gasteiger partial charge in [-0.25, -0.2) is 0 Å². The number of benzene rings is 1. The number of carbonyl (C=O) groups is 1. The molecule has 1 unspecified atom stereocenters. The zero-order valence-corrected chi connectivity index (χ0v) is 12.8. The first-order valence-corrected chi connectivity index (χ1v) is 7.04. The van der Waals surface area contributed by atoms with Crippen molar-refractivity contribution in [3.63, 3.8) is 0 Å². The molecule has 0 aliphatic rings. The van der Waals surface area contributed by atoms with E-state index in [9.17, 15) is 4.79 Å². The van der Waals surface area contributed by atoms with Crippen LogP contribution in [0.1, 0.15) is 38.8 Å². The fourth-order valence-corrected chi connectivity index (χ4v) is 2.11. The van der Waals surface area contributed by atoms with E-state index in [0.29, 0.717) is 5.02 Å². The first-order chi connectivity index (χ1) is 8.88. The third-order valence-electron chi connectivity index (χ3n) is 3.80.